The average Bonchev–Trinajstić information content (AvgIpc) is 3.15. The van der Waals surface area contributed by atoms with Crippen molar-refractivity contribution in [3.63, 3.8) is 0 Å². The molecule has 1 aliphatic heterocycles. The number of hydrogen-bond acceptors (Lipinski definition) is 3. The van der Waals surface area contributed by atoms with Gasteiger partial charge in [0.15, 0.2) is 5.79 Å². The maximum atomic E-state index is 9.98. The van der Waals surface area contributed by atoms with Gasteiger partial charge in [0.2, 0.25) is 0 Å². The van der Waals surface area contributed by atoms with Crippen molar-refractivity contribution >= 4 is 0 Å². The van der Waals surface area contributed by atoms with Gasteiger partial charge in [-0.3, -0.25) is 0 Å². The van der Waals surface area contributed by atoms with Crippen LogP contribution in [0.4, 0.5) is 0 Å². The van der Waals surface area contributed by atoms with E-state index >= 15 is 0 Å². The maximum Gasteiger partial charge on any atom is 0.174 e. The van der Waals surface area contributed by atoms with Gasteiger partial charge in [-0.2, -0.15) is 0 Å². The third kappa shape index (κ3) is 1.76. The minimum atomic E-state index is -0.293. The summed E-state index contributed by atoms with van der Waals surface area (Å²) in [6.07, 6.45) is 12.3. The van der Waals surface area contributed by atoms with E-state index in [1.165, 1.54) is 31.3 Å². The Balaban J connectivity index is 1.50. The summed E-state index contributed by atoms with van der Waals surface area (Å²) in [7, 11) is 0. The lowest BCUT2D eigenvalue weighted by atomic mass is 9.48. The monoisotopic (exact) mass is 330 g/mol. The fourth-order valence-electron chi connectivity index (χ4n) is 7.20. The molecule has 1 N–H and O–H groups in total. The van der Waals surface area contributed by atoms with Crippen LogP contribution >= 0.6 is 0 Å². The Morgan fingerprint density at radius 2 is 1.79 bits per heavy atom. The third-order valence-electron chi connectivity index (χ3n) is 8.56. The highest BCUT2D eigenvalue weighted by Gasteiger charge is 2.66. The van der Waals surface area contributed by atoms with Gasteiger partial charge >= 0.3 is 0 Å². The summed E-state index contributed by atoms with van der Waals surface area (Å²) in [4.78, 5) is 0. The van der Waals surface area contributed by atoms with E-state index in [1.54, 1.807) is 0 Å². The molecule has 1 heterocycles. The second-order valence-electron chi connectivity index (χ2n) is 9.28. The van der Waals surface area contributed by atoms with Crippen LogP contribution in [0.15, 0.2) is 23.5 Å². The normalized spacial score (nSPS) is 49.2. The fourth-order valence-corrected chi connectivity index (χ4v) is 7.20. The van der Waals surface area contributed by atoms with Crippen LogP contribution < -0.4 is 0 Å². The van der Waals surface area contributed by atoms with Gasteiger partial charge < -0.3 is 14.6 Å². The topological polar surface area (TPSA) is 38.7 Å². The van der Waals surface area contributed by atoms with Crippen molar-refractivity contribution < 1.29 is 14.6 Å². The highest BCUT2D eigenvalue weighted by Crippen LogP contribution is 2.68. The molecule has 0 aromatic carbocycles. The highest BCUT2D eigenvalue weighted by atomic mass is 16.7. The van der Waals surface area contributed by atoms with Crippen LogP contribution in [0.3, 0.4) is 0 Å². The molecular formula is C21H30O3. The summed E-state index contributed by atoms with van der Waals surface area (Å²) in [6.45, 7) is 6.43. The third-order valence-corrected chi connectivity index (χ3v) is 8.56. The first-order chi connectivity index (χ1) is 11.5. The smallest absolute Gasteiger partial charge is 0.174 e. The Morgan fingerprint density at radius 3 is 2.58 bits per heavy atom. The van der Waals surface area contributed by atoms with Gasteiger partial charge in [0.05, 0.1) is 19.0 Å². The molecule has 5 rings (SSSR count). The average molecular weight is 330 g/mol. The molecule has 1 spiro atoms. The van der Waals surface area contributed by atoms with Crippen LogP contribution in [0.5, 0.6) is 0 Å². The predicted octanol–water partition coefficient (Wildman–Crippen LogP) is 4.74. The standard InChI is InChI=1S/C21H30O3/c1-19-8-5-15(22)13-14(19)3-4-16-17(19)6-9-20(2)18(16)7-10-21(20)23-11-12-24-21/h3,5,16-18,22H,4,6-13H2,1-2H3/t16-,17?,18+,19+,20+/m1/s1. The zero-order chi connectivity index (χ0) is 16.6. The number of fused-ring (bicyclic) bond motifs is 6. The molecule has 0 bridgehead atoms. The molecule has 3 nitrogen and oxygen atoms in total. The van der Waals surface area contributed by atoms with Gasteiger partial charge in [0, 0.05) is 18.3 Å². The van der Waals surface area contributed by atoms with E-state index in [4.69, 9.17) is 9.47 Å². The minimum Gasteiger partial charge on any atom is -0.512 e. The molecule has 2 saturated carbocycles. The molecule has 5 atom stereocenters. The van der Waals surface area contributed by atoms with E-state index in [0.29, 0.717) is 11.7 Å². The molecule has 3 heteroatoms. The fraction of sp³-hybridized carbons (Fsp3) is 0.810. The lowest BCUT2D eigenvalue weighted by Crippen LogP contribution is -2.54. The van der Waals surface area contributed by atoms with Crippen LogP contribution in [0.25, 0.3) is 0 Å². The second kappa shape index (κ2) is 4.88. The van der Waals surface area contributed by atoms with Gasteiger partial charge in [-0.05, 0) is 61.3 Å². The number of aliphatic hydroxyl groups is 1. The number of hydrogen-bond donors (Lipinski definition) is 1. The molecule has 0 aromatic rings. The van der Waals surface area contributed by atoms with Gasteiger partial charge in [-0.1, -0.05) is 25.5 Å². The van der Waals surface area contributed by atoms with Gasteiger partial charge in [-0.25, -0.2) is 0 Å². The minimum absolute atomic E-state index is 0.180. The first-order valence-electron chi connectivity index (χ1n) is 9.84. The first-order valence-corrected chi connectivity index (χ1v) is 9.84. The number of allylic oxidation sites excluding steroid dienone is 3. The lowest BCUT2D eigenvalue weighted by molar-refractivity contribution is -0.241. The largest absolute Gasteiger partial charge is 0.512 e. The highest BCUT2D eigenvalue weighted by molar-refractivity contribution is 5.30. The second-order valence-corrected chi connectivity index (χ2v) is 9.28. The van der Waals surface area contributed by atoms with E-state index in [9.17, 15) is 5.11 Å². The summed E-state index contributed by atoms with van der Waals surface area (Å²) in [6, 6.07) is 0. The van der Waals surface area contributed by atoms with E-state index in [1.807, 2.05) is 0 Å². The zero-order valence-corrected chi connectivity index (χ0v) is 15.0. The Labute approximate surface area is 145 Å². The van der Waals surface area contributed by atoms with Crippen LogP contribution in [0.1, 0.15) is 58.8 Å². The van der Waals surface area contributed by atoms with Crippen molar-refractivity contribution in [2.24, 2.45) is 28.6 Å². The SMILES string of the molecule is C[C@]12CC=C(O)CC1=CC[C@@H]1C2CC[C@@]2(C)[C@H]1CCC21OCCO1. The maximum absolute atomic E-state index is 9.98. The van der Waals surface area contributed by atoms with Crippen LogP contribution in [0.2, 0.25) is 0 Å². The first kappa shape index (κ1) is 15.5. The Bertz CT molecular complexity index is 615. The molecule has 0 radical (unpaired) electrons. The van der Waals surface area contributed by atoms with Crippen molar-refractivity contribution in [3.05, 3.63) is 23.5 Å². The summed E-state index contributed by atoms with van der Waals surface area (Å²) in [5.41, 5.74) is 1.93. The molecule has 0 aromatic heterocycles. The number of aliphatic hydroxyl groups excluding tert-OH is 1. The van der Waals surface area contributed by atoms with Crippen molar-refractivity contribution in [1.29, 1.82) is 0 Å². The molecule has 5 aliphatic rings. The summed E-state index contributed by atoms with van der Waals surface area (Å²) >= 11 is 0. The van der Waals surface area contributed by atoms with Crippen molar-refractivity contribution in [3.8, 4) is 0 Å². The molecule has 24 heavy (non-hydrogen) atoms. The van der Waals surface area contributed by atoms with Crippen LogP contribution in [-0.4, -0.2) is 24.1 Å². The van der Waals surface area contributed by atoms with Crippen molar-refractivity contribution in [2.75, 3.05) is 13.2 Å². The van der Waals surface area contributed by atoms with Crippen molar-refractivity contribution in [1.82, 2.24) is 0 Å². The van der Waals surface area contributed by atoms with E-state index < -0.39 is 0 Å². The molecule has 0 amide bonds. The summed E-state index contributed by atoms with van der Waals surface area (Å²) in [5.74, 6) is 2.49. The Hall–Kier alpha value is -0.800. The van der Waals surface area contributed by atoms with Gasteiger partial charge in [-0.15, -0.1) is 0 Å². The molecule has 1 saturated heterocycles. The van der Waals surface area contributed by atoms with E-state index in [-0.39, 0.29) is 16.6 Å². The predicted molar refractivity (Wildman–Crippen MR) is 92.4 cm³/mol. The molecule has 4 aliphatic carbocycles. The summed E-state index contributed by atoms with van der Waals surface area (Å²) in [5, 5.41) is 9.98. The van der Waals surface area contributed by atoms with Gasteiger partial charge in [0.1, 0.15) is 0 Å². The Morgan fingerprint density at radius 1 is 1.04 bits per heavy atom. The molecular weight excluding hydrogens is 300 g/mol. The van der Waals surface area contributed by atoms with Gasteiger partial charge in [0.25, 0.3) is 0 Å². The number of rotatable bonds is 0. The van der Waals surface area contributed by atoms with E-state index in [0.717, 1.165) is 44.3 Å². The zero-order valence-electron chi connectivity index (χ0n) is 15.0. The molecule has 1 unspecified atom stereocenters. The van der Waals surface area contributed by atoms with Crippen LogP contribution in [0, 0.1) is 28.6 Å². The summed E-state index contributed by atoms with van der Waals surface area (Å²) < 4.78 is 12.4. The van der Waals surface area contributed by atoms with E-state index in [2.05, 4.69) is 26.0 Å². The number of ether oxygens (including phenoxy) is 2. The van der Waals surface area contributed by atoms with Crippen molar-refractivity contribution in [2.45, 2.75) is 64.6 Å². The quantitative estimate of drug-likeness (QED) is 0.652. The van der Waals surface area contributed by atoms with Crippen LogP contribution in [-0.2, 0) is 9.47 Å². The lowest BCUT2D eigenvalue weighted by Gasteiger charge is -2.57. The molecule has 3 fully saturated rings. The Kier molecular flexibility index (Phi) is 3.14. The molecule has 132 valence electrons.